The molecule has 0 spiro atoms. The molecule has 6 heteroatoms. The van der Waals surface area contributed by atoms with Crippen LogP contribution >= 0.6 is 0 Å². The zero-order valence-electron chi connectivity index (χ0n) is 13.3. The molecule has 6 nitrogen and oxygen atoms in total. The number of furan rings is 1. The molecular formula is C18H16N2O4. The van der Waals surface area contributed by atoms with Gasteiger partial charge in [0.2, 0.25) is 0 Å². The zero-order valence-corrected chi connectivity index (χ0v) is 13.3. The second-order valence-electron chi connectivity index (χ2n) is 5.47. The van der Waals surface area contributed by atoms with Crippen molar-refractivity contribution in [2.45, 2.75) is 20.3 Å². The van der Waals surface area contributed by atoms with Crippen molar-refractivity contribution in [1.82, 2.24) is 0 Å². The molecule has 0 saturated heterocycles. The predicted octanol–water partition coefficient (Wildman–Crippen LogP) is 4.46. The van der Waals surface area contributed by atoms with Crippen LogP contribution in [0.25, 0.3) is 11.0 Å². The number of nitrogens with zero attached hydrogens (tertiary/aromatic N) is 1. The molecule has 0 fully saturated rings. The van der Waals surface area contributed by atoms with E-state index in [1.165, 1.54) is 12.1 Å². The number of benzene rings is 2. The molecule has 1 heterocycles. The smallest absolute Gasteiger partial charge is 0.292 e. The first-order chi connectivity index (χ1) is 11.5. The fourth-order valence-corrected chi connectivity index (χ4v) is 2.62. The van der Waals surface area contributed by atoms with Gasteiger partial charge in [0.25, 0.3) is 11.6 Å². The van der Waals surface area contributed by atoms with Crippen LogP contribution in [0.4, 0.5) is 11.4 Å². The average Bonchev–Trinajstić information content (AvgIpc) is 2.91. The van der Waals surface area contributed by atoms with E-state index in [-0.39, 0.29) is 17.1 Å². The normalized spacial score (nSPS) is 10.8. The predicted molar refractivity (Wildman–Crippen MR) is 91.4 cm³/mol. The van der Waals surface area contributed by atoms with Crippen molar-refractivity contribution in [2.24, 2.45) is 0 Å². The number of nitrogens with one attached hydrogen (secondary N) is 1. The van der Waals surface area contributed by atoms with Gasteiger partial charge in [-0.1, -0.05) is 25.1 Å². The molecule has 0 unspecified atom stereocenters. The molecule has 0 bridgehead atoms. The summed E-state index contributed by atoms with van der Waals surface area (Å²) >= 11 is 0. The number of amides is 1. The molecule has 3 rings (SSSR count). The molecule has 1 amide bonds. The van der Waals surface area contributed by atoms with Gasteiger partial charge >= 0.3 is 0 Å². The summed E-state index contributed by atoms with van der Waals surface area (Å²) in [6.07, 6.45) is 0.887. The molecule has 122 valence electrons. The number of nitro groups is 1. The summed E-state index contributed by atoms with van der Waals surface area (Å²) in [4.78, 5) is 23.0. The third kappa shape index (κ3) is 2.74. The number of carbonyl (C=O) groups excluding carboxylic acids is 1. The zero-order chi connectivity index (χ0) is 17.3. The van der Waals surface area contributed by atoms with Gasteiger partial charge < -0.3 is 9.73 Å². The molecule has 3 aromatic rings. The SMILES string of the molecule is CCc1ccc2oc(C(=O)Nc3ccccc3[N+](=O)[O-])c(C)c2c1. The number of nitro benzene ring substituents is 1. The Balaban J connectivity index is 1.98. The van der Waals surface area contributed by atoms with Crippen LogP contribution in [0.15, 0.2) is 46.9 Å². The van der Waals surface area contributed by atoms with Crippen molar-refractivity contribution in [3.63, 3.8) is 0 Å². The van der Waals surface area contributed by atoms with Crippen LogP contribution in [-0.2, 0) is 6.42 Å². The van der Waals surface area contributed by atoms with E-state index in [9.17, 15) is 14.9 Å². The lowest BCUT2D eigenvalue weighted by Crippen LogP contribution is -2.13. The molecule has 0 atom stereocenters. The highest BCUT2D eigenvalue weighted by molar-refractivity contribution is 6.07. The highest BCUT2D eigenvalue weighted by atomic mass is 16.6. The van der Waals surface area contributed by atoms with Crippen molar-refractivity contribution >= 4 is 28.3 Å². The van der Waals surface area contributed by atoms with Gasteiger partial charge in [0.1, 0.15) is 11.3 Å². The summed E-state index contributed by atoms with van der Waals surface area (Å²) in [7, 11) is 0. The van der Waals surface area contributed by atoms with Crippen molar-refractivity contribution in [3.05, 3.63) is 69.5 Å². The number of hydrogen-bond acceptors (Lipinski definition) is 4. The number of para-hydroxylation sites is 2. The van der Waals surface area contributed by atoms with E-state index in [1.807, 2.05) is 18.2 Å². The average molecular weight is 324 g/mol. The van der Waals surface area contributed by atoms with Crippen LogP contribution in [0.5, 0.6) is 0 Å². The van der Waals surface area contributed by atoms with Crippen LogP contribution in [0.2, 0.25) is 0 Å². The van der Waals surface area contributed by atoms with Crippen molar-refractivity contribution in [2.75, 3.05) is 5.32 Å². The number of carbonyl (C=O) groups is 1. The lowest BCUT2D eigenvalue weighted by Gasteiger charge is -2.04. The van der Waals surface area contributed by atoms with Crippen molar-refractivity contribution < 1.29 is 14.1 Å². The standard InChI is InChI=1S/C18H16N2O4/c1-3-12-8-9-16-13(10-12)11(2)17(24-16)18(21)19-14-6-4-5-7-15(14)20(22)23/h4-10H,3H2,1-2H3,(H,19,21). The van der Waals surface area contributed by atoms with Gasteiger partial charge in [0.05, 0.1) is 4.92 Å². The molecule has 0 radical (unpaired) electrons. The van der Waals surface area contributed by atoms with Gasteiger partial charge in [-0.2, -0.15) is 0 Å². The number of fused-ring (bicyclic) bond motifs is 1. The molecular weight excluding hydrogens is 308 g/mol. The first-order valence-electron chi connectivity index (χ1n) is 7.58. The Bertz CT molecular complexity index is 943. The number of rotatable bonds is 4. The monoisotopic (exact) mass is 324 g/mol. The summed E-state index contributed by atoms with van der Waals surface area (Å²) in [5, 5.41) is 14.5. The molecule has 0 aliphatic heterocycles. The van der Waals surface area contributed by atoms with Crippen molar-refractivity contribution in [1.29, 1.82) is 0 Å². The Morgan fingerprint density at radius 3 is 2.71 bits per heavy atom. The quantitative estimate of drug-likeness (QED) is 0.567. The third-order valence-corrected chi connectivity index (χ3v) is 3.96. The maximum atomic E-state index is 12.5. The molecule has 0 aliphatic rings. The third-order valence-electron chi connectivity index (χ3n) is 3.96. The van der Waals surface area contributed by atoms with E-state index in [2.05, 4.69) is 12.2 Å². The fourth-order valence-electron chi connectivity index (χ4n) is 2.62. The molecule has 2 aromatic carbocycles. The summed E-state index contributed by atoms with van der Waals surface area (Å²) in [5.41, 5.74) is 2.47. The van der Waals surface area contributed by atoms with Gasteiger partial charge in [0, 0.05) is 17.0 Å². The minimum absolute atomic E-state index is 0.140. The van der Waals surface area contributed by atoms with Crippen LogP contribution < -0.4 is 5.32 Å². The van der Waals surface area contributed by atoms with Crippen LogP contribution in [0.1, 0.15) is 28.6 Å². The Labute approximate surface area is 138 Å². The largest absolute Gasteiger partial charge is 0.451 e. The number of aryl methyl sites for hydroxylation is 2. The van der Waals surface area contributed by atoms with Crippen LogP contribution in [0.3, 0.4) is 0 Å². The maximum absolute atomic E-state index is 12.5. The van der Waals surface area contributed by atoms with E-state index in [0.29, 0.717) is 5.58 Å². The topological polar surface area (TPSA) is 85.4 Å². The highest BCUT2D eigenvalue weighted by Gasteiger charge is 2.21. The van der Waals surface area contributed by atoms with E-state index >= 15 is 0 Å². The lowest BCUT2D eigenvalue weighted by molar-refractivity contribution is -0.383. The first-order valence-corrected chi connectivity index (χ1v) is 7.58. The van der Waals surface area contributed by atoms with E-state index < -0.39 is 10.8 Å². The minimum Gasteiger partial charge on any atom is -0.451 e. The Morgan fingerprint density at radius 1 is 1.25 bits per heavy atom. The summed E-state index contributed by atoms with van der Waals surface area (Å²) < 4.78 is 5.65. The Morgan fingerprint density at radius 2 is 2.00 bits per heavy atom. The Hall–Kier alpha value is -3.15. The second kappa shape index (κ2) is 6.16. The first kappa shape index (κ1) is 15.7. The fraction of sp³-hybridized carbons (Fsp3) is 0.167. The minimum atomic E-state index is -0.533. The summed E-state index contributed by atoms with van der Waals surface area (Å²) in [6.45, 7) is 3.86. The molecule has 0 aliphatic carbocycles. The maximum Gasteiger partial charge on any atom is 0.292 e. The molecule has 1 aromatic heterocycles. The van der Waals surface area contributed by atoms with Gasteiger partial charge in [-0.25, -0.2) is 0 Å². The molecule has 0 saturated carbocycles. The van der Waals surface area contributed by atoms with E-state index in [1.54, 1.807) is 19.1 Å². The van der Waals surface area contributed by atoms with Crippen molar-refractivity contribution in [3.8, 4) is 0 Å². The highest BCUT2D eigenvalue weighted by Crippen LogP contribution is 2.29. The van der Waals surface area contributed by atoms with Gasteiger partial charge in [-0.3, -0.25) is 14.9 Å². The molecule has 24 heavy (non-hydrogen) atoms. The van der Waals surface area contributed by atoms with Gasteiger partial charge in [-0.05, 0) is 37.1 Å². The Kier molecular flexibility index (Phi) is 4.04. The van der Waals surface area contributed by atoms with Gasteiger partial charge in [-0.15, -0.1) is 0 Å². The van der Waals surface area contributed by atoms with E-state index in [4.69, 9.17) is 4.42 Å². The van der Waals surface area contributed by atoms with E-state index in [0.717, 1.165) is 22.9 Å². The van der Waals surface area contributed by atoms with Gasteiger partial charge in [0.15, 0.2) is 5.76 Å². The number of hydrogen-bond donors (Lipinski definition) is 1. The van der Waals surface area contributed by atoms with Crippen LogP contribution in [-0.4, -0.2) is 10.8 Å². The molecule has 1 N–H and O–H groups in total. The van der Waals surface area contributed by atoms with Crippen LogP contribution in [0, 0.1) is 17.0 Å². The summed E-state index contributed by atoms with van der Waals surface area (Å²) in [5.74, 6) is -0.340. The summed E-state index contributed by atoms with van der Waals surface area (Å²) in [6, 6.07) is 11.8. The number of anilines is 1. The second-order valence-corrected chi connectivity index (χ2v) is 5.47. The lowest BCUT2D eigenvalue weighted by atomic mass is 10.1.